The largest absolute Gasteiger partial charge is 0.466 e. The highest BCUT2D eigenvalue weighted by Crippen LogP contribution is 2.14. The van der Waals surface area contributed by atoms with Gasteiger partial charge in [-0.2, -0.15) is 0 Å². The van der Waals surface area contributed by atoms with Crippen LogP contribution in [0.4, 0.5) is 5.69 Å². The van der Waals surface area contributed by atoms with Crippen LogP contribution in [0.3, 0.4) is 0 Å². The molecule has 0 saturated carbocycles. The Balaban J connectivity index is 2.72. The van der Waals surface area contributed by atoms with Gasteiger partial charge in [0.15, 0.2) is 0 Å². The Bertz CT molecular complexity index is 461. The van der Waals surface area contributed by atoms with E-state index in [4.69, 9.17) is 0 Å². The molecule has 1 heterocycles. The molecule has 0 spiro atoms. The van der Waals surface area contributed by atoms with Gasteiger partial charge in [-0.15, -0.1) is 0 Å². The molecule has 0 radical (unpaired) electrons. The Morgan fingerprint density at radius 3 is 2.83 bits per heavy atom. The summed E-state index contributed by atoms with van der Waals surface area (Å²) in [6.45, 7) is 1.95. The first-order valence-corrected chi connectivity index (χ1v) is 5.79. The monoisotopic (exact) mass is 250 g/mol. The van der Waals surface area contributed by atoms with E-state index < -0.39 is 5.97 Å². The quantitative estimate of drug-likeness (QED) is 0.642. The van der Waals surface area contributed by atoms with Gasteiger partial charge in [0.1, 0.15) is 0 Å². The van der Waals surface area contributed by atoms with E-state index in [0.29, 0.717) is 6.42 Å². The van der Waals surface area contributed by atoms with Crippen molar-refractivity contribution in [2.24, 2.45) is 7.05 Å². The van der Waals surface area contributed by atoms with Gasteiger partial charge in [-0.05, 0) is 18.6 Å². The number of hydrogen-bond donors (Lipinski definition) is 1. The van der Waals surface area contributed by atoms with E-state index in [2.05, 4.69) is 10.1 Å². The van der Waals surface area contributed by atoms with E-state index >= 15 is 0 Å². The molecule has 98 valence electrons. The Kier molecular flexibility index (Phi) is 5.17. The number of esters is 1. The number of rotatable bonds is 5. The normalized spacial score (nSPS) is 10.6. The highest BCUT2D eigenvalue weighted by molar-refractivity contribution is 5.91. The van der Waals surface area contributed by atoms with Crippen LogP contribution in [0, 0.1) is 0 Å². The fourth-order valence-electron chi connectivity index (χ4n) is 1.49. The maximum atomic E-state index is 11.4. The van der Waals surface area contributed by atoms with Crippen molar-refractivity contribution >= 4 is 23.6 Å². The van der Waals surface area contributed by atoms with Crippen molar-refractivity contribution in [3.63, 3.8) is 0 Å². The first-order chi connectivity index (χ1) is 8.56. The number of carbonyl (C=O) groups is 2. The molecular formula is C13H18N2O3. The minimum atomic E-state index is -0.409. The molecule has 0 fully saturated rings. The number of hydrogen-bond acceptors (Lipinski definition) is 3. The predicted molar refractivity (Wildman–Crippen MR) is 70.0 cm³/mol. The molecule has 0 atom stereocenters. The highest BCUT2D eigenvalue weighted by atomic mass is 16.5. The molecule has 0 bridgehead atoms. The van der Waals surface area contributed by atoms with Gasteiger partial charge in [-0.1, -0.05) is 6.92 Å². The van der Waals surface area contributed by atoms with E-state index in [9.17, 15) is 9.59 Å². The third-order valence-corrected chi connectivity index (χ3v) is 2.40. The molecule has 1 amide bonds. The predicted octanol–water partition coefficient (Wildman–Crippen LogP) is 1.95. The van der Waals surface area contributed by atoms with E-state index in [0.717, 1.165) is 17.8 Å². The van der Waals surface area contributed by atoms with Crippen LogP contribution < -0.4 is 5.32 Å². The van der Waals surface area contributed by atoms with Crippen LogP contribution in [0.1, 0.15) is 25.5 Å². The smallest absolute Gasteiger partial charge is 0.330 e. The summed E-state index contributed by atoms with van der Waals surface area (Å²) >= 11 is 0. The van der Waals surface area contributed by atoms with Crippen molar-refractivity contribution in [3.05, 3.63) is 24.0 Å². The average Bonchev–Trinajstić information content (AvgIpc) is 2.66. The number of ether oxygens (including phenoxy) is 1. The maximum Gasteiger partial charge on any atom is 0.330 e. The van der Waals surface area contributed by atoms with Crippen LogP contribution in [0.15, 0.2) is 18.3 Å². The maximum absolute atomic E-state index is 11.4. The van der Waals surface area contributed by atoms with Gasteiger partial charge in [-0.25, -0.2) is 4.79 Å². The number of anilines is 1. The van der Waals surface area contributed by atoms with Crippen molar-refractivity contribution < 1.29 is 14.3 Å². The van der Waals surface area contributed by atoms with Crippen LogP contribution in [-0.2, 0) is 21.4 Å². The molecule has 5 nitrogen and oxygen atoms in total. The minimum absolute atomic E-state index is 0.00778. The molecule has 0 aliphatic rings. The lowest BCUT2D eigenvalue weighted by molar-refractivity contribution is -0.134. The first kappa shape index (κ1) is 14.0. The van der Waals surface area contributed by atoms with Crippen molar-refractivity contribution in [2.75, 3.05) is 12.4 Å². The molecular weight excluding hydrogens is 232 g/mol. The number of aromatic nitrogens is 1. The Morgan fingerprint density at radius 2 is 2.22 bits per heavy atom. The van der Waals surface area contributed by atoms with Gasteiger partial charge in [0.25, 0.3) is 0 Å². The average molecular weight is 250 g/mol. The summed E-state index contributed by atoms with van der Waals surface area (Å²) in [6, 6.07) is 1.80. The van der Waals surface area contributed by atoms with Crippen LogP contribution in [0.2, 0.25) is 0 Å². The molecule has 1 rings (SSSR count). The van der Waals surface area contributed by atoms with E-state index in [1.54, 1.807) is 18.3 Å². The lowest BCUT2D eigenvalue weighted by Crippen LogP contribution is -2.09. The molecule has 0 aliphatic heterocycles. The summed E-state index contributed by atoms with van der Waals surface area (Å²) in [5.41, 5.74) is 1.53. The molecule has 1 aromatic heterocycles. The topological polar surface area (TPSA) is 60.3 Å². The fourth-order valence-corrected chi connectivity index (χ4v) is 1.49. The Hall–Kier alpha value is -2.04. The number of nitrogens with zero attached hydrogens (tertiary/aromatic N) is 1. The third-order valence-electron chi connectivity index (χ3n) is 2.40. The van der Waals surface area contributed by atoms with Gasteiger partial charge in [-0.3, -0.25) is 4.79 Å². The fraction of sp³-hybridized carbons (Fsp3) is 0.385. The zero-order valence-corrected chi connectivity index (χ0v) is 10.9. The number of methoxy groups -OCH3 is 1. The summed E-state index contributed by atoms with van der Waals surface area (Å²) in [6.07, 6.45) is 6.09. The van der Waals surface area contributed by atoms with Gasteiger partial charge in [0, 0.05) is 31.4 Å². The molecule has 0 saturated heterocycles. The lowest BCUT2D eigenvalue weighted by Gasteiger charge is -1.99. The van der Waals surface area contributed by atoms with E-state index in [1.807, 2.05) is 18.5 Å². The van der Waals surface area contributed by atoms with Crippen LogP contribution >= 0.6 is 0 Å². The van der Waals surface area contributed by atoms with Gasteiger partial charge in [0.2, 0.25) is 5.91 Å². The van der Waals surface area contributed by atoms with Gasteiger partial charge >= 0.3 is 5.97 Å². The van der Waals surface area contributed by atoms with Crippen molar-refractivity contribution in [1.29, 1.82) is 0 Å². The summed E-state index contributed by atoms with van der Waals surface area (Å²) in [4.78, 5) is 22.4. The molecule has 18 heavy (non-hydrogen) atoms. The van der Waals surface area contributed by atoms with Gasteiger partial charge < -0.3 is 14.6 Å². The standard InChI is InChI=1S/C13H18N2O3/c1-4-5-12(16)14-10-8-11(15(2)9-10)6-7-13(17)18-3/h6-9H,4-5H2,1-3H3,(H,14,16). The molecule has 0 aliphatic carbocycles. The minimum Gasteiger partial charge on any atom is -0.466 e. The summed E-state index contributed by atoms with van der Waals surface area (Å²) < 4.78 is 6.33. The molecule has 5 heteroatoms. The summed E-state index contributed by atoms with van der Waals surface area (Å²) in [7, 11) is 3.17. The number of nitrogens with one attached hydrogen (secondary N) is 1. The summed E-state index contributed by atoms with van der Waals surface area (Å²) in [5.74, 6) is -0.417. The molecule has 1 aromatic rings. The zero-order chi connectivity index (χ0) is 13.5. The first-order valence-electron chi connectivity index (χ1n) is 5.79. The second-order valence-corrected chi connectivity index (χ2v) is 3.92. The lowest BCUT2D eigenvalue weighted by atomic mass is 10.3. The van der Waals surface area contributed by atoms with Crippen molar-refractivity contribution in [2.45, 2.75) is 19.8 Å². The third kappa shape index (κ3) is 4.08. The summed E-state index contributed by atoms with van der Waals surface area (Å²) in [5, 5.41) is 2.80. The molecule has 0 unspecified atom stereocenters. The van der Waals surface area contributed by atoms with Crippen LogP contribution in [-0.4, -0.2) is 23.6 Å². The SMILES string of the molecule is CCCC(=O)Nc1cc(C=CC(=O)OC)n(C)c1. The van der Waals surface area contributed by atoms with Crippen molar-refractivity contribution in [1.82, 2.24) is 4.57 Å². The van der Waals surface area contributed by atoms with E-state index in [-0.39, 0.29) is 5.91 Å². The van der Waals surface area contributed by atoms with Gasteiger partial charge in [0.05, 0.1) is 12.8 Å². The number of amides is 1. The molecule has 1 N–H and O–H groups in total. The van der Waals surface area contributed by atoms with Crippen molar-refractivity contribution in [3.8, 4) is 0 Å². The number of aryl methyl sites for hydroxylation is 1. The second-order valence-electron chi connectivity index (χ2n) is 3.92. The number of carbonyl (C=O) groups excluding carboxylic acids is 2. The molecule has 0 aromatic carbocycles. The zero-order valence-electron chi connectivity index (χ0n) is 10.9. The van der Waals surface area contributed by atoms with Crippen LogP contribution in [0.5, 0.6) is 0 Å². The van der Waals surface area contributed by atoms with Crippen LogP contribution in [0.25, 0.3) is 6.08 Å². The second kappa shape index (κ2) is 6.64. The highest BCUT2D eigenvalue weighted by Gasteiger charge is 2.04. The Morgan fingerprint density at radius 1 is 1.50 bits per heavy atom. The Labute approximate surface area is 106 Å². The van der Waals surface area contributed by atoms with E-state index in [1.165, 1.54) is 13.2 Å².